The van der Waals surface area contributed by atoms with Gasteiger partial charge in [0.15, 0.2) is 12.6 Å². The van der Waals surface area contributed by atoms with Crippen molar-refractivity contribution in [3.8, 4) is 0 Å². The number of aldehydes is 1. The highest BCUT2D eigenvalue weighted by atomic mass is 31.0. The average Bonchev–Trinajstić information content (AvgIpc) is 1.66. The summed E-state index contributed by atoms with van der Waals surface area (Å²) in [6.07, 6.45) is 42.1. The van der Waals surface area contributed by atoms with Gasteiger partial charge >= 0.3 is 29.8 Å². The number of hydrogen-bond donors (Lipinski definition) is 7. The van der Waals surface area contributed by atoms with Gasteiger partial charge in [0.25, 0.3) is 0 Å². The summed E-state index contributed by atoms with van der Waals surface area (Å²) in [5.74, 6) is 5.71. The van der Waals surface area contributed by atoms with Gasteiger partial charge in [0.05, 0.1) is 88.2 Å². The number of unbranched alkanes of at least 4 members (excludes halogenated alkanes) is 3. The van der Waals surface area contributed by atoms with Gasteiger partial charge in [-0.05, 0) is 209 Å². The summed E-state index contributed by atoms with van der Waals surface area (Å²) < 4.78 is 146. The third kappa shape index (κ3) is 36.6. The molecule has 12 unspecified atom stereocenters. The van der Waals surface area contributed by atoms with E-state index in [0.717, 1.165) is 153 Å². The lowest BCUT2D eigenvalue weighted by atomic mass is 9.86. The minimum atomic E-state index is -0.921. The van der Waals surface area contributed by atoms with E-state index >= 15 is 0 Å². The first kappa shape index (κ1) is 130. The molecular formula is C117H199F7O23P2. The van der Waals surface area contributed by atoms with Gasteiger partial charge in [0.2, 0.25) is 0 Å². The number of hydrogen-bond acceptors (Lipinski definition) is 23. The van der Waals surface area contributed by atoms with Crippen molar-refractivity contribution in [2.24, 2.45) is 148 Å². The Labute approximate surface area is 895 Å². The maximum absolute atomic E-state index is 13.8. The number of allylic oxidation sites excluding steroid dienone is 7. The summed E-state index contributed by atoms with van der Waals surface area (Å²) >= 11 is 0. The molecule has 0 spiro atoms. The van der Waals surface area contributed by atoms with Crippen LogP contribution in [0.5, 0.6) is 0 Å². The van der Waals surface area contributed by atoms with Crippen LogP contribution in [-0.4, -0.2) is 221 Å². The standard InChI is InChI=1S/C14H26FOP.C14H25FO.C13H24FO2P.C11H19FO2.C10H17FO2.C10H16O2.C9H15FO2.C9H13FO2.C9H14O3.C9H12O3.C9H14O3.2H2/c1-3-5-6-7-8-9-12-11(4-2)13(15)10-14(12)16-17;1-3-5-6-7-8-9-12-11(4-2)13(15)10-14(12)16;1-2-3-4-5-6-7-10-11(9-15)12(14)8-13(10)16-17;1-3-8-9(5-4-6-14-2)11(13)7-10(8)12;1-2-6-7-3-4-10(12)13-9(7)5-8(6)11;1-3-7-6(2)4-9-8(7)5-10(11)12-9;2*1-2-5-6-3-9(11)12-8(6)4-7(5)10;2*1-5-2-8-6(7(5)4-10)3-9(11)12-8;1-2-5-6-3-9(11)12-8(6)4-7(5)10;;/h6-7,11-14H,3-5,8-10,17H2,1-2H3;6-7,11-14,16H,3-5,8-10H2,1-2H3;4-5,10-13,15H,2-3,6-9,17H2,1H3;4,6,8-11,13H,3,5,7H2,1-2H3;6-10,12H,2-5H2,1H3;6-9H,3-5H2,1-2H3;5-9,11H,2-4H2,1H3;5-8H,2-4H2,1H3;5-8,10H,2-4H2,1H3;4-8H,2-3H2,1H3;5-8,10H,2-4H2,1H3;2*1H/b2*7-6-;5-4-;;;;;;;;;;/t11-,12-,13?,14?;11-,12-,13+,14+;10-,11-,12?,13?;8-,9-,10?,11?;6-,7-,8+,9+,10?;6-,7+,8-,9+;5-,6-,7+,8+,9?;2*5-,6-,7+,8+;5-,6-,7?,8?;5-,6-,7-,8+;;/m11111111111../s1/i;;;;;;;;;;;2*1+2. The molecule has 11 aliphatic carbocycles. The van der Waals surface area contributed by atoms with Crippen molar-refractivity contribution < 1.29 is 145 Å². The fourth-order valence-corrected chi connectivity index (χ4v) is 29.7. The van der Waals surface area contributed by atoms with Crippen LogP contribution in [0, 0.1) is 148 Å². The van der Waals surface area contributed by atoms with E-state index in [2.05, 4.69) is 111 Å². The zero-order valence-corrected chi connectivity index (χ0v) is 94.7. The first-order chi connectivity index (χ1) is 71.4. The fourth-order valence-electron chi connectivity index (χ4n) is 29.1. The molecule has 0 bridgehead atoms. The first-order valence-corrected chi connectivity index (χ1v) is 59.1. The van der Waals surface area contributed by atoms with Crippen molar-refractivity contribution in [3.63, 3.8) is 0 Å². The Morgan fingerprint density at radius 1 is 0.322 bits per heavy atom. The maximum Gasteiger partial charge on any atom is 0.306 e. The normalized spacial score (nSPS) is 42.2. The summed E-state index contributed by atoms with van der Waals surface area (Å²) in [5.41, 5.74) is 0. The SMILES string of the molecule is CCC/C=C\CC[C@@H]1[C@@H](CC)[C@@H](F)C[C@@H]1O.CCC/C=C\CC[C@H]1C(OP)CC(F)[C@@H]1CC.CCC/C=C\CC[C@H]1C(OP)CC(F)[C@@H]1CO.CC[C@@H]1[C@H]2CC(=O)O[C@H]2C[C@@H]1F.CC[C@@H]1[C@H]2CC(=O)O[C@H]2C[C@H]1C.CC[C@@H]1[C@H]2CC(=O)O[C@H]2C[C@H]1O.CC[C@@H]1[C@H]2CC(O)O[C@H]2C[C@@H]1F.CC[C@@H]1[C@H]2CCC(O)O[C@H]2C[C@@H]1F.CC[C@H]1C(F)CC(O)[C@@H]1CC=COC.C[C@@H]1CC2OC(=O)C[C@@H]2C1C=O.C[C@@H]1C[C@@H]2OC(=O)C[C@@H]2[C@H]1CO.[3HH].[3HH]. The van der Waals surface area contributed by atoms with Crippen LogP contribution in [0.15, 0.2) is 48.8 Å². The lowest BCUT2D eigenvalue weighted by Crippen LogP contribution is -2.33. The minimum absolute atomic E-state index is 0. The molecule has 149 heavy (non-hydrogen) atoms. The minimum Gasteiger partial charge on any atom is -0.505 e. The van der Waals surface area contributed by atoms with Crippen molar-refractivity contribution in [2.45, 2.75) is 483 Å². The molecule has 23 nitrogen and oxygen atoms in total. The van der Waals surface area contributed by atoms with Crippen molar-refractivity contribution in [2.75, 3.05) is 20.3 Å². The lowest BCUT2D eigenvalue weighted by Gasteiger charge is -2.31. The molecule has 864 valence electrons. The predicted molar refractivity (Wildman–Crippen MR) is 572 cm³/mol. The van der Waals surface area contributed by atoms with Gasteiger partial charge < -0.3 is 87.5 Å². The van der Waals surface area contributed by atoms with Gasteiger partial charge in [-0.2, -0.15) is 0 Å². The second-order valence-electron chi connectivity index (χ2n) is 46.1. The third-order valence-electron chi connectivity index (χ3n) is 37.2. The molecule has 7 N–H and O–H groups in total. The van der Waals surface area contributed by atoms with Crippen molar-refractivity contribution in [1.29, 1.82) is 0 Å². The lowest BCUT2D eigenvalue weighted by molar-refractivity contribution is -0.178. The van der Waals surface area contributed by atoms with Crippen LogP contribution in [0.1, 0.15) is 357 Å². The highest BCUT2D eigenvalue weighted by molar-refractivity contribution is 7.10. The van der Waals surface area contributed by atoms with Gasteiger partial charge in [0, 0.05) is 134 Å². The number of aliphatic hydroxyl groups is 7. The Morgan fingerprint density at radius 3 is 1.09 bits per heavy atom. The van der Waals surface area contributed by atoms with Gasteiger partial charge in [-0.1, -0.05) is 204 Å². The van der Waals surface area contributed by atoms with Crippen LogP contribution in [0.2, 0.25) is 0 Å². The Kier molecular flexibility index (Phi) is 58.0. The van der Waals surface area contributed by atoms with E-state index in [-0.39, 0.29) is 213 Å². The van der Waals surface area contributed by atoms with Crippen LogP contribution in [0.4, 0.5) is 30.7 Å². The number of halogens is 7. The molecule has 0 aromatic carbocycles. The van der Waals surface area contributed by atoms with E-state index in [4.69, 9.17) is 52.0 Å². The number of alkyl halides is 7. The Hall–Kier alpha value is -4.29. The molecule has 0 amide bonds. The molecule has 0 radical (unpaired) electrons. The van der Waals surface area contributed by atoms with Gasteiger partial charge in [-0.15, -0.1) is 0 Å². The maximum atomic E-state index is 13.8. The molecule has 48 atom stereocenters. The van der Waals surface area contributed by atoms with Crippen LogP contribution in [0.25, 0.3) is 0 Å². The van der Waals surface area contributed by atoms with E-state index in [1.54, 1.807) is 13.4 Å². The molecule has 7 aliphatic heterocycles. The number of carbonyl (C=O) groups is 6. The molecule has 7 heterocycles. The molecule has 18 rings (SSSR count). The van der Waals surface area contributed by atoms with Crippen LogP contribution < -0.4 is 0 Å². The molecule has 7 saturated heterocycles. The predicted octanol–water partition coefficient (Wildman–Crippen LogP) is 23.7. The van der Waals surface area contributed by atoms with Crippen molar-refractivity contribution in [3.05, 3.63) is 48.8 Å². The highest BCUT2D eigenvalue weighted by Gasteiger charge is 2.56. The average molecular weight is 2170 g/mol. The number of ether oxygens (including phenoxy) is 8. The molecule has 0 aromatic rings. The largest absolute Gasteiger partial charge is 0.505 e. The molecule has 18 aliphatic rings. The van der Waals surface area contributed by atoms with Crippen molar-refractivity contribution >= 4 is 55.1 Å². The van der Waals surface area contributed by atoms with E-state index in [0.29, 0.717) is 132 Å². The molecular weight excluding hydrogens is 1970 g/mol. The topological polar surface area (TPSA) is 336 Å². The first-order valence-electron chi connectivity index (χ1n) is 58.1. The number of methoxy groups -OCH3 is 1. The zero-order chi connectivity index (χ0) is 110. The van der Waals surface area contributed by atoms with Crippen LogP contribution in [0.3, 0.4) is 0 Å². The van der Waals surface area contributed by atoms with Crippen LogP contribution in [-0.2, 0) is 75.7 Å². The Bertz CT molecular complexity index is 3750. The second-order valence-corrected chi connectivity index (χ2v) is 46.6. The van der Waals surface area contributed by atoms with Gasteiger partial charge in [-0.25, -0.2) is 30.7 Å². The van der Waals surface area contributed by atoms with Gasteiger partial charge in [0.1, 0.15) is 80.0 Å². The van der Waals surface area contributed by atoms with E-state index < -0.39 is 68.0 Å². The quantitative estimate of drug-likeness (QED) is 0.00645. The number of rotatable bonds is 31. The summed E-state index contributed by atoms with van der Waals surface area (Å²) in [6, 6.07) is 0. The highest BCUT2D eigenvalue weighted by Crippen LogP contribution is 2.53. The summed E-state index contributed by atoms with van der Waals surface area (Å²) in [7, 11) is 6.12. The van der Waals surface area contributed by atoms with Crippen LogP contribution >= 0.6 is 18.9 Å². The molecule has 11 saturated carbocycles. The number of aliphatic hydroxyl groups excluding tert-OH is 7. The fraction of sp³-hybridized carbons (Fsp3) is 0.880. The van der Waals surface area contributed by atoms with Gasteiger partial charge in [-0.3, -0.25) is 24.0 Å². The summed E-state index contributed by atoms with van der Waals surface area (Å²) in [6.45, 7) is 29.4. The van der Waals surface area contributed by atoms with E-state index in [9.17, 15) is 90.1 Å². The number of fused-ring (bicyclic) bond motifs is 7. The number of carbonyl (C=O) groups excluding carboxylic acids is 6. The Morgan fingerprint density at radius 2 is 0.644 bits per heavy atom. The third-order valence-corrected chi connectivity index (χ3v) is 37.9. The van der Waals surface area contributed by atoms with Crippen molar-refractivity contribution in [1.82, 2.24) is 0 Å². The summed E-state index contributed by atoms with van der Waals surface area (Å²) in [5, 5.41) is 65.8. The molecule has 0 aromatic heterocycles. The molecule has 18 fully saturated rings. The zero-order valence-electron chi connectivity index (χ0n) is 92.4. The molecule has 32 heteroatoms. The second kappa shape index (κ2) is 66.6. The van der Waals surface area contributed by atoms with E-state index in [1.807, 2.05) is 47.6 Å². The van der Waals surface area contributed by atoms with E-state index in [1.165, 1.54) is 19.3 Å². The monoisotopic (exact) mass is 2170 g/mol. The Balaban J connectivity index is 0.000000253. The summed E-state index contributed by atoms with van der Waals surface area (Å²) in [4.78, 5) is 65.3. The number of esters is 5. The smallest absolute Gasteiger partial charge is 0.306 e.